The molecule has 0 unspecified atom stereocenters. The number of aliphatic hydroxyl groups is 1. The smallest absolute Gasteiger partial charge is 0.303 e. The molecule has 0 aromatic heterocycles. The SMILES string of the molecule is CC(=O)O[C@@H]1[C@@H](O[C@@H]2O[C@@H](C)[C@H](OCc3ccccc3)[C@@H](OCc3ccccc3)[C@H]2OCc2ccccc2)[C@@H](OC(C)=O)[C@H](O)O[C@H]1C. The second-order valence-electron chi connectivity index (χ2n) is 12.0. The van der Waals surface area contributed by atoms with E-state index in [1.54, 1.807) is 6.92 Å². The lowest BCUT2D eigenvalue weighted by Gasteiger charge is -2.48. The van der Waals surface area contributed by atoms with E-state index in [0.717, 1.165) is 16.7 Å². The van der Waals surface area contributed by atoms with Crippen molar-refractivity contribution in [1.82, 2.24) is 0 Å². The molecule has 2 aliphatic rings. The van der Waals surface area contributed by atoms with Gasteiger partial charge in [0.1, 0.15) is 24.4 Å². The number of rotatable bonds is 13. The molecule has 2 saturated heterocycles. The Hall–Kier alpha value is -3.68. The first-order valence-electron chi connectivity index (χ1n) is 16.1. The molecular formula is C37H44O11. The number of hydrogen-bond donors (Lipinski definition) is 1. The van der Waals surface area contributed by atoms with Gasteiger partial charge in [-0.3, -0.25) is 9.59 Å². The van der Waals surface area contributed by atoms with E-state index < -0.39 is 73.4 Å². The predicted octanol–water partition coefficient (Wildman–Crippen LogP) is 4.47. The predicted molar refractivity (Wildman–Crippen MR) is 172 cm³/mol. The third kappa shape index (κ3) is 9.48. The van der Waals surface area contributed by atoms with Crippen LogP contribution in [0, 0.1) is 0 Å². The number of carbonyl (C=O) groups excluding carboxylic acids is 2. The molecule has 258 valence electrons. The highest BCUT2D eigenvalue weighted by Gasteiger charge is 2.54. The Labute approximate surface area is 280 Å². The molecule has 2 aliphatic heterocycles. The van der Waals surface area contributed by atoms with E-state index in [-0.39, 0.29) is 13.2 Å². The van der Waals surface area contributed by atoms with Gasteiger partial charge >= 0.3 is 11.9 Å². The molecule has 3 aromatic carbocycles. The topological polar surface area (TPSA) is 128 Å². The molecule has 0 saturated carbocycles. The lowest BCUT2D eigenvalue weighted by Crippen LogP contribution is -2.65. The highest BCUT2D eigenvalue weighted by atomic mass is 16.7. The van der Waals surface area contributed by atoms with Crippen LogP contribution in [0.1, 0.15) is 44.4 Å². The van der Waals surface area contributed by atoms with Gasteiger partial charge in [0.25, 0.3) is 0 Å². The highest BCUT2D eigenvalue weighted by Crippen LogP contribution is 2.35. The Kier molecular flexibility index (Phi) is 12.7. The average molecular weight is 665 g/mol. The molecule has 10 atom stereocenters. The summed E-state index contributed by atoms with van der Waals surface area (Å²) in [6.07, 6.45) is -9.86. The summed E-state index contributed by atoms with van der Waals surface area (Å²) in [5.74, 6) is -1.28. The second-order valence-corrected chi connectivity index (χ2v) is 12.0. The van der Waals surface area contributed by atoms with E-state index in [9.17, 15) is 14.7 Å². The van der Waals surface area contributed by atoms with Crippen LogP contribution in [-0.4, -0.2) is 78.5 Å². The number of hydrogen-bond acceptors (Lipinski definition) is 11. The molecule has 0 spiro atoms. The highest BCUT2D eigenvalue weighted by molar-refractivity contribution is 5.67. The van der Waals surface area contributed by atoms with Crippen molar-refractivity contribution in [3.8, 4) is 0 Å². The molecule has 3 aromatic rings. The van der Waals surface area contributed by atoms with E-state index in [4.69, 9.17) is 37.9 Å². The maximum Gasteiger partial charge on any atom is 0.303 e. The number of esters is 2. The van der Waals surface area contributed by atoms with Gasteiger partial charge in [0, 0.05) is 13.8 Å². The minimum atomic E-state index is -1.56. The molecule has 48 heavy (non-hydrogen) atoms. The molecule has 0 radical (unpaired) electrons. The van der Waals surface area contributed by atoms with Crippen molar-refractivity contribution in [3.63, 3.8) is 0 Å². The zero-order chi connectivity index (χ0) is 34.0. The summed E-state index contributed by atoms with van der Waals surface area (Å²) in [5, 5.41) is 10.9. The molecule has 11 heteroatoms. The van der Waals surface area contributed by atoms with Gasteiger partial charge in [0.15, 0.2) is 24.8 Å². The fourth-order valence-electron chi connectivity index (χ4n) is 5.95. The van der Waals surface area contributed by atoms with Gasteiger partial charge in [-0.1, -0.05) is 91.0 Å². The van der Waals surface area contributed by atoms with Gasteiger partial charge in [0.05, 0.1) is 32.0 Å². The van der Waals surface area contributed by atoms with Crippen molar-refractivity contribution in [3.05, 3.63) is 108 Å². The maximum absolute atomic E-state index is 12.2. The number of benzene rings is 3. The molecule has 11 nitrogen and oxygen atoms in total. The van der Waals surface area contributed by atoms with E-state index in [1.807, 2.05) is 97.9 Å². The minimum absolute atomic E-state index is 0.188. The first-order chi connectivity index (χ1) is 23.2. The number of carbonyl (C=O) groups is 2. The molecule has 1 N–H and O–H groups in total. The lowest BCUT2D eigenvalue weighted by atomic mass is 9.96. The Bertz CT molecular complexity index is 1400. The Morgan fingerprint density at radius 2 is 0.979 bits per heavy atom. The fourth-order valence-corrected chi connectivity index (χ4v) is 5.95. The van der Waals surface area contributed by atoms with Crippen LogP contribution in [0.5, 0.6) is 0 Å². The van der Waals surface area contributed by atoms with Gasteiger partial charge < -0.3 is 43.0 Å². The lowest BCUT2D eigenvalue weighted by molar-refractivity contribution is -0.362. The molecule has 0 amide bonds. The van der Waals surface area contributed by atoms with Gasteiger partial charge in [-0.2, -0.15) is 0 Å². The number of ether oxygens (including phenoxy) is 8. The van der Waals surface area contributed by atoms with Gasteiger partial charge in [-0.05, 0) is 30.5 Å². The van der Waals surface area contributed by atoms with Crippen LogP contribution >= 0.6 is 0 Å². The third-order valence-electron chi connectivity index (χ3n) is 8.22. The van der Waals surface area contributed by atoms with Crippen LogP contribution in [-0.2, 0) is 67.3 Å². The summed E-state index contributed by atoms with van der Waals surface area (Å²) in [6.45, 7) is 6.68. The summed E-state index contributed by atoms with van der Waals surface area (Å²) in [7, 11) is 0. The van der Waals surface area contributed by atoms with E-state index >= 15 is 0 Å². The summed E-state index contributed by atoms with van der Waals surface area (Å²) in [6, 6.07) is 29.2. The minimum Gasteiger partial charge on any atom is -0.457 e. The van der Waals surface area contributed by atoms with Crippen molar-refractivity contribution in [1.29, 1.82) is 0 Å². The van der Waals surface area contributed by atoms with Crippen molar-refractivity contribution in [2.24, 2.45) is 0 Å². The molecule has 0 bridgehead atoms. The van der Waals surface area contributed by atoms with Crippen LogP contribution in [0.15, 0.2) is 91.0 Å². The summed E-state index contributed by atoms with van der Waals surface area (Å²) in [5.41, 5.74) is 2.83. The standard InChI is InChI=1S/C37H44O11/c1-23-30(41-20-27-14-8-5-9-15-27)32(42-21-28-16-10-6-11-17-28)35(43-22-29-18-12-7-13-19-29)37(45-23)48-33-31(46-25(3)38)24(2)44-36(40)34(33)47-26(4)39/h5-19,23-24,30-37,40H,20-22H2,1-4H3/t23-,24-,30-,31-,32+,33+,34+,35+,36+,37-/m0/s1. The Morgan fingerprint density at radius 3 is 1.46 bits per heavy atom. The van der Waals surface area contributed by atoms with Crippen molar-refractivity contribution < 1.29 is 52.6 Å². The summed E-state index contributed by atoms with van der Waals surface area (Å²) < 4.78 is 49.5. The van der Waals surface area contributed by atoms with Gasteiger partial charge in [-0.25, -0.2) is 0 Å². The van der Waals surface area contributed by atoms with Crippen LogP contribution in [0.25, 0.3) is 0 Å². The molecule has 0 aliphatic carbocycles. The molecular weight excluding hydrogens is 620 g/mol. The summed E-state index contributed by atoms with van der Waals surface area (Å²) in [4.78, 5) is 24.3. The molecule has 2 fully saturated rings. The third-order valence-corrected chi connectivity index (χ3v) is 8.22. The molecule has 5 rings (SSSR count). The van der Waals surface area contributed by atoms with Crippen LogP contribution < -0.4 is 0 Å². The van der Waals surface area contributed by atoms with Crippen molar-refractivity contribution in [2.75, 3.05) is 0 Å². The van der Waals surface area contributed by atoms with Gasteiger partial charge in [-0.15, -0.1) is 0 Å². The Morgan fingerprint density at radius 1 is 0.562 bits per heavy atom. The maximum atomic E-state index is 12.2. The largest absolute Gasteiger partial charge is 0.457 e. The second kappa shape index (κ2) is 17.1. The number of aliphatic hydroxyl groups excluding tert-OH is 1. The quantitative estimate of drug-likeness (QED) is 0.260. The average Bonchev–Trinajstić information content (AvgIpc) is 3.07. The van der Waals surface area contributed by atoms with E-state index in [0.29, 0.717) is 6.61 Å². The first kappa shape index (κ1) is 35.6. The van der Waals surface area contributed by atoms with Crippen molar-refractivity contribution >= 4 is 11.9 Å². The van der Waals surface area contributed by atoms with Crippen LogP contribution in [0.2, 0.25) is 0 Å². The van der Waals surface area contributed by atoms with Crippen LogP contribution in [0.4, 0.5) is 0 Å². The first-order valence-corrected chi connectivity index (χ1v) is 16.1. The van der Waals surface area contributed by atoms with Gasteiger partial charge in [0.2, 0.25) is 0 Å². The molecule has 2 heterocycles. The van der Waals surface area contributed by atoms with Crippen LogP contribution in [0.3, 0.4) is 0 Å². The van der Waals surface area contributed by atoms with E-state index in [2.05, 4.69) is 0 Å². The zero-order valence-corrected chi connectivity index (χ0v) is 27.6. The fraction of sp³-hybridized carbons (Fsp3) is 0.459. The Balaban J connectivity index is 1.49. The van der Waals surface area contributed by atoms with Crippen molar-refractivity contribution in [2.45, 2.75) is 109 Å². The van der Waals surface area contributed by atoms with E-state index in [1.165, 1.54) is 13.8 Å². The summed E-state index contributed by atoms with van der Waals surface area (Å²) >= 11 is 0. The normalized spacial score (nSPS) is 30.4. The zero-order valence-electron chi connectivity index (χ0n) is 27.6. The monoisotopic (exact) mass is 664 g/mol.